The van der Waals surface area contributed by atoms with Crippen LogP contribution < -0.4 is 10.6 Å². The molecule has 2 N–H and O–H groups in total. The zero-order valence-electron chi connectivity index (χ0n) is 16.0. The second-order valence-corrected chi connectivity index (χ2v) is 7.69. The Morgan fingerprint density at radius 2 is 1.89 bits per heavy atom. The average molecular weight is 375 g/mol. The van der Waals surface area contributed by atoms with Crippen LogP contribution in [-0.2, 0) is 16.1 Å². The molecule has 0 aromatic heterocycles. The van der Waals surface area contributed by atoms with E-state index in [-0.39, 0.29) is 5.91 Å². The zero-order chi connectivity index (χ0) is 18.9. The van der Waals surface area contributed by atoms with E-state index in [0.717, 1.165) is 41.2 Å². The predicted octanol–water partition coefficient (Wildman–Crippen LogP) is 3.94. The lowest BCUT2D eigenvalue weighted by atomic mass is 10.0. The van der Waals surface area contributed by atoms with Gasteiger partial charge in [0.05, 0.1) is 5.57 Å². The fourth-order valence-corrected chi connectivity index (χ4v) is 4.36. The molecule has 0 unspecified atom stereocenters. The van der Waals surface area contributed by atoms with Gasteiger partial charge < -0.3 is 20.3 Å². The third kappa shape index (κ3) is 3.16. The number of ether oxygens (including phenoxy) is 1. The summed E-state index contributed by atoms with van der Waals surface area (Å²) in [6, 6.07) is 14.1. The van der Waals surface area contributed by atoms with Crippen LogP contribution in [0.5, 0.6) is 0 Å². The van der Waals surface area contributed by atoms with Gasteiger partial charge in [-0.2, -0.15) is 0 Å². The van der Waals surface area contributed by atoms with Gasteiger partial charge in [-0.3, -0.25) is 4.79 Å². The number of carbonyl (C=O) groups excluding carboxylic acids is 1. The van der Waals surface area contributed by atoms with Gasteiger partial charge in [-0.15, -0.1) is 0 Å². The number of amides is 1. The van der Waals surface area contributed by atoms with Crippen LogP contribution in [0.2, 0.25) is 0 Å². The molecular formula is C23H25N3O2. The van der Waals surface area contributed by atoms with E-state index in [1.807, 2.05) is 24.3 Å². The quantitative estimate of drug-likeness (QED) is 0.795. The summed E-state index contributed by atoms with van der Waals surface area (Å²) in [6.45, 7) is 4.98. The lowest BCUT2D eigenvalue weighted by Gasteiger charge is -2.26. The summed E-state index contributed by atoms with van der Waals surface area (Å²) in [5.74, 6) is 0.602. The van der Waals surface area contributed by atoms with Crippen molar-refractivity contribution in [3.8, 4) is 0 Å². The highest BCUT2D eigenvalue weighted by Gasteiger charge is 2.32. The molecule has 2 aromatic rings. The molecule has 5 nitrogen and oxygen atoms in total. The number of anilines is 2. The van der Waals surface area contributed by atoms with E-state index in [4.69, 9.17) is 4.74 Å². The first kappa shape index (κ1) is 17.3. The molecule has 0 atom stereocenters. The number of para-hydroxylation sites is 1. The fourth-order valence-electron chi connectivity index (χ4n) is 4.36. The third-order valence-electron chi connectivity index (χ3n) is 5.83. The monoisotopic (exact) mass is 375 g/mol. The predicted molar refractivity (Wildman–Crippen MR) is 112 cm³/mol. The van der Waals surface area contributed by atoms with E-state index >= 15 is 0 Å². The van der Waals surface area contributed by atoms with E-state index in [1.165, 1.54) is 32.4 Å². The van der Waals surface area contributed by atoms with Crippen molar-refractivity contribution in [3.05, 3.63) is 59.2 Å². The Hall–Kier alpha value is -2.79. The summed E-state index contributed by atoms with van der Waals surface area (Å²) in [5, 5.41) is 6.47. The summed E-state index contributed by atoms with van der Waals surface area (Å²) in [6.07, 6.45) is 4.02. The van der Waals surface area contributed by atoms with Crippen molar-refractivity contribution in [2.45, 2.75) is 25.9 Å². The molecule has 1 saturated heterocycles. The summed E-state index contributed by atoms with van der Waals surface area (Å²) < 4.78 is 5.97. The standard InChI is InChI=1S/C23H25N3O2/c27-23-21(19-6-2-3-7-20(19)25-23)22-18-9-8-17(14-16(18)15-28-22)24-10-13-26-11-4-1-5-12-26/h2-3,6-9,14,24H,1,4-5,10-13,15H2,(H,25,27)/b22-21+. The van der Waals surface area contributed by atoms with Crippen LogP contribution in [0.1, 0.15) is 36.0 Å². The van der Waals surface area contributed by atoms with E-state index in [9.17, 15) is 4.79 Å². The fraction of sp³-hybridized carbons (Fsp3) is 0.348. The third-order valence-corrected chi connectivity index (χ3v) is 5.83. The van der Waals surface area contributed by atoms with Gasteiger partial charge in [-0.05, 0) is 50.2 Å². The summed E-state index contributed by atoms with van der Waals surface area (Å²) >= 11 is 0. The molecule has 0 radical (unpaired) electrons. The number of carbonyl (C=O) groups is 1. The Kier molecular flexibility index (Phi) is 4.53. The molecule has 1 fully saturated rings. The van der Waals surface area contributed by atoms with Crippen LogP contribution in [0.25, 0.3) is 11.3 Å². The molecule has 1 amide bonds. The van der Waals surface area contributed by atoms with Gasteiger partial charge in [0.1, 0.15) is 12.4 Å². The van der Waals surface area contributed by atoms with Crippen molar-refractivity contribution in [2.75, 3.05) is 36.8 Å². The normalized spacial score (nSPS) is 21.1. The Bertz CT molecular complexity index is 945. The van der Waals surface area contributed by atoms with E-state index in [0.29, 0.717) is 17.9 Å². The van der Waals surface area contributed by atoms with Crippen molar-refractivity contribution >= 4 is 28.6 Å². The molecule has 5 heteroatoms. The summed E-state index contributed by atoms with van der Waals surface area (Å²) in [5.41, 5.74) is 5.66. The highest BCUT2D eigenvalue weighted by atomic mass is 16.5. The zero-order valence-corrected chi connectivity index (χ0v) is 16.0. The largest absolute Gasteiger partial charge is 0.487 e. The lowest BCUT2D eigenvalue weighted by molar-refractivity contribution is -0.110. The molecule has 2 aromatic carbocycles. The molecule has 3 aliphatic rings. The van der Waals surface area contributed by atoms with Gasteiger partial charge in [0, 0.05) is 41.2 Å². The Balaban J connectivity index is 1.34. The number of fused-ring (bicyclic) bond motifs is 2. The van der Waals surface area contributed by atoms with Crippen LogP contribution in [0.15, 0.2) is 42.5 Å². The Morgan fingerprint density at radius 3 is 2.79 bits per heavy atom. The molecule has 3 aliphatic heterocycles. The van der Waals surface area contributed by atoms with Crippen LogP contribution in [-0.4, -0.2) is 37.0 Å². The number of rotatable bonds is 4. The molecule has 0 saturated carbocycles. The molecule has 0 spiro atoms. The summed E-state index contributed by atoms with van der Waals surface area (Å²) in [4.78, 5) is 15.1. The maximum Gasteiger partial charge on any atom is 0.260 e. The summed E-state index contributed by atoms with van der Waals surface area (Å²) in [7, 11) is 0. The smallest absolute Gasteiger partial charge is 0.260 e. The maximum atomic E-state index is 12.5. The van der Waals surface area contributed by atoms with Crippen LogP contribution >= 0.6 is 0 Å². The second kappa shape index (κ2) is 7.32. The molecule has 3 heterocycles. The molecule has 28 heavy (non-hydrogen) atoms. The topological polar surface area (TPSA) is 53.6 Å². The van der Waals surface area contributed by atoms with Gasteiger partial charge in [0.2, 0.25) is 0 Å². The lowest BCUT2D eigenvalue weighted by Crippen LogP contribution is -2.33. The van der Waals surface area contributed by atoms with Crippen molar-refractivity contribution in [1.82, 2.24) is 4.90 Å². The van der Waals surface area contributed by atoms with Gasteiger partial charge >= 0.3 is 0 Å². The van der Waals surface area contributed by atoms with Crippen LogP contribution in [0, 0.1) is 0 Å². The van der Waals surface area contributed by atoms with Gasteiger partial charge in [0.25, 0.3) is 5.91 Å². The first-order valence-corrected chi connectivity index (χ1v) is 10.2. The highest BCUT2D eigenvalue weighted by Crippen LogP contribution is 2.41. The van der Waals surface area contributed by atoms with Crippen molar-refractivity contribution in [1.29, 1.82) is 0 Å². The minimum Gasteiger partial charge on any atom is -0.487 e. The van der Waals surface area contributed by atoms with Crippen LogP contribution in [0.3, 0.4) is 0 Å². The SMILES string of the molecule is O=C1Nc2ccccc2/C1=C1\OCc2cc(NCCN3CCCCC3)ccc21. The number of hydrogen-bond acceptors (Lipinski definition) is 4. The minimum absolute atomic E-state index is 0.0900. The van der Waals surface area contributed by atoms with Gasteiger partial charge in [-0.1, -0.05) is 24.6 Å². The molecule has 144 valence electrons. The minimum atomic E-state index is -0.0900. The highest BCUT2D eigenvalue weighted by molar-refractivity contribution is 6.36. The Morgan fingerprint density at radius 1 is 1.04 bits per heavy atom. The first-order chi connectivity index (χ1) is 13.8. The number of benzene rings is 2. The Labute approximate surface area is 165 Å². The number of nitrogens with one attached hydrogen (secondary N) is 2. The van der Waals surface area contributed by atoms with Crippen LogP contribution in [0.4, 0.5) is 11.4 Å². The van der Waals surface area contributed by atoms with E-state index < -0.39 is 0 Å². The second-order valence-electron chi connectivity index (χ2n) is 7.69. The molecule has 0 bridgehead atoms. The number of likely N-dealkylation sites (tertiary alicyclic amines) is 1. The van der Waals surface area contributed by atoms with Crippen molar-refractivity contribution in [2.24, 2.45) is 0 Å². The number of hydrogen-bond donors (Lipinski definition) is 2. The van der Waals surface area contributed by atoms with E-state index in [2.05, 4.69) is 33.7 Å². The molecule has 5 rings (SSSR count). The number of piperidine rings is 1. The van der Waals surface area contributed by atoms with Crippen molar-refractivity contribution < 1.29 is 9.53 Å². The molecular weight excluding hydrogens is 350 g/mol. The average Bonchev–Trinajstić information content (AvgIpc) is 3.28. The molecule has 0 aliphatic carbocycles. The van der Waals surface area contributed by atoms with Crippen molar-refractivity contribution in [3.63, 3.8) is 0 Å². The maximum absolute atomic E-state index is 12.5. The van der Waals surface area contributed by atoms with Gasteiger partial charge in [-0.25, -0.2) is 0 Å². The first-order valence-electron chi connectivity index (χ1n) is 10.2. The van der Waals surface area contributed by atoms with E-state index in [1.54, 1.807) is 0 Å². The number of nitrogens with zero attached hydrogens (tertiary/aromatic N) is 1. The van der Waals surface area contributed by atoms with Gasteiger partial charge in [0.15, 0.2) is 0 Å².